The second-order valence-corrected chi connectivity index (χ2v) is 9.45. The Bertz CT molecular complexity index is 757. The van der Waals surface area contributed by atoms with Crippen molar-refractivity contribution in [3.05, 3.63) is 28.3 Å². The van der Waals surface area contributed by atoms with Crippen LogP contribution < -0.4 is 15.4 Å². The van der Waals surface area contributed by atoms with Gasteiger partial charge in [-0.25, -0.2) is 17.9 Å². The fourth-order valence-electron chi connectivity index (χ4n) is 3.93. The number of nitrogens with one attached hydrogen (secondary N) is 3. The number of fused-ring (bicyclic) bond motifs is 2. The van der Waals surface area contributed by atoms with E-state index in [0.717, 1.165) is 57.2 Å². The molecule has 0 bridgehead atoms. The Hall–Kier alpha value is -1.60. The first-order chi connectivity index (χ1) is 12.4. The molecule has 0 aromatic heterocycles. The van der Waals surface area contributed by atoms with Crippen LogP contribution in [0.1, 0.15) is 55.4 Å². The first-order valence-corrected chi connectivity index (χ1v) is 11.2. The molecular weight excluding hydrogens is 350 g/mol. The zero-order valence-electron chi connectivity index (χ0n) is 15.7. The third kappa shape index (κ3) is 4.04. The van der Waals surface area contributed by atoms with Crippen molar-refractivity contribution in [3.63, 3.8) is 0 Å². The van der Waals surface area contributed by atoms with Crippen LogP contribution >= 0.6 is 0 Å². The summed E-state index contributed by atoms with van der Waals surface area (Å²) in [6, 6.07) is 1.63. The Morgan fingerprint density at radius 1 is 1.12 bits per heavy atom. The molecule has 0 radical (unpaired) electrons. The molecule has 0 saturated heterocycles. The van der Waals surface area contributed by atoms with Gasteiger partial charge < -0.3 is 10.6 Å². The molecule has 7 heteroatoms. The summed E-state index contributed by atoms with van der Waals surface area (Å²) in [6.07, 6.45) is 7.09. The highest BCUT2D eigenvalue weighted by Crippen LogP contribution is 2.38. The van der Waals surface area contributed by atoms with Gasteiger partial charge in [0.15, 0.2) is 0 Å². The number of sulfonamides is 1. The number of rotatable bonds is 7. The van der Waals surface area contributed by atoms with Crippen LogP contribution in [0.5, 0.6) is 0 Å². The quantitative estimate of drug-likeness (QED) is 0.635. The summed E-state index contributed by atoms with van der Waals surface area (Å²) < 4.78 is 27.0. The van der Waals surface area contributed by atoms with E-state index < -0.39 is 21.3 Å². The SMILES string of the molecule is CCCNCC(C)S(=O)(=O)NC(=O)Nc1c2c(cc3c1CCC3)CCC2. The Balaban J connectivity index is 1.71. The van der Waals surface area contributed by atoms with Crippen molar-refractivity contribution in [2.45, 2.75) is 64.0 Å². The van der Waals surface area contributed by atoms with Crippen molar-refractivity contribution < 1.29 is 13.2 Å². The highest BCUT2D eigenvalue weighted by molar-refractivity contribution is 7.90. The molecule has 3 rings (SSSR count). The number of hydrogen-bond acceptors (Lipinski definition) is 4. The molecule has 0 heterocycles. The third-order valence-electron chi connectivity index (χ3n) is 5.33. The maximum absolute atomic E-state index is 12.4. The highest BCUT2D eigenvalue weighted by Gasteiger charge is 2.27. The Labute approximate surface area is 156 Å². The van der Waals surface area contributed by atoms with Gasteiger partial charge in [0.1, 0.15) is 0 Å². The van der Waals surface area contributed by atoms with Gasteiger partial charge in [0.25, 0.3) is 0 Å². The van der Waals surface area contributed by atoms with Crippen molar-refractivity contribution >= 4 is 21.7 Å². The van der Waals surface area contributed by atoms with E-state index in [1.807, 2.05) is 6.92 Å². The maximum Gasteiger partial charge on any atom is 0.332 e. The molecule has 0 saturated carbocycles. The number of carbonyl (C=O) groups excluding carboxylic acids is 1. The number of aryl methyl sites for hydroxylation is 2. The smallest absolute Gasteiger partial charge is 0.315 e. The van der Waals surface area contributed by atoms with Gasteiger partial charge >= 0.3 is 6.03 Å². The van der Waals surface area contributed by atoms with E-state index in [0.29, 0.717) is 6.54 Å². The molecule has 2 aliphatic carbocycles. The Morgan fingerprint density at radius 2 is 1.73 bits per heavy atom. The average Bonchev–Trinajstić information content (AvgIpc) is 3.23. The largest absolute Gasteiger partial charge is 0.332 e. The van der Waals surface area contributed by atoms with E-state index in [1.165, 1.54) is 22.3 Å². The van der Waals surface area contributed by atoms with Crippen LogP contribution in [0.3, 0.4) is 0 Å². The van der Waals surface area contributed by atoms with E-state index >= 15 is 0 Å². The molecule has 0 spiro atoms. The van der Waals surface area contributed by atoms with Crippen molar-refractivity contribution in [3.8, 4) is 0 Å². The van der Waals surface area contributed by atoms with E-state index in [2.05, 4.69) is 21.4 Å². The Morgan fingerprint density at radius 3 is 2.31 bits per heavy atom. The number of benzene rings is 1. The number of hydrogen-bond donors (Lipinski definition) is 3. The van der Waals surface area contributed by atoms with Gasteiger partial charge in [-0.05, 0) is 80.7 Å². The van der Waals surface area contributed by atoms with E-state index in [1.54, 1.807) is 6.92 Å². The van der Waals surface area contributed by atoms with Crippen LogP contribution in [0.2, 0.25) is 0 Å². The topological polar surface area (TPSA) is 87.3 Å². The molecule has 144 valence electrons. The normalized spacial score (nSPS) is 16.8. The molecule has 1 aromatic carbocycles. The third-order valence-corrected chi connectivity index (χ3v) is 7.03. The molecule has 1 aromatic rings. The molecule has 0 aliphatic heterocycles. The van der Waals surface area contributed by atoms with Gasteiger partial charge in [0, 0.05) is 12.2 Å². The van der Waals surface area contributed by atoms with Gasteiger partial charge in [-0.1, -0.05) is 13.0 Å². The number of urea groups is 1. The van der Waals surface area contributed by atoms with Crippen molar-refractivity contribution in [2.75, 3.05) is 18.4 Å². The molecule has 1 unspecified atom stereocenters. The molecule has 1 atom stereocenters. The second-order valence-electron chi connectivity index (χ2n) is 7.35. The summed E-state index contributed by atoms with van der Waals surface area (Å²) in [5.41, 5.74) is 5.85. The number of amides is 2. The van der Waals surface area contributed by atoms with Gasteiger partial charge in [-0.2, -0.15) is 0 Å². The van der Waals surface area contributed by atoms with Gasteiger partial charge in [-0.3, -0.25) is 0 Å². The fourth-order valence-corrected chi connectivity index (χ4v) is 4.78. The van der Waals surface area contributed by atoms with E-state index in [-0.39, 0.29) is 0 Å². The van der Waals surface area contributed by atoms with Crippen molar-refractivity contribution in [1.29, 1.82) is 0 Å². The van der Waals surface area contributed by atoms with Crippen LogP contribution in [-0.4, -0.2) is 32.8 Å². The summed E-state index contributed by atoms with van der Waals surface area (Å²) in [6.45, 7) is 4.71. The minimum Gasteiger partial charge on any atom is -0.315 e. The summed E-state index contributed by atoms with van der Waals surface area (Å²) in [4.78, 5) is 12.4. The molecule has 3 N–H and O–H groups in total. The minimum atomic E-state index is -3.71. The van der Waals surface area contributed by atoms with Gasteiger partial charge in [0.05, 0.1) is 5.25 Å². The molecular formula is C19H29N3O3S. The summed E-state index contributed by atoms with van der Waals surface area (Å²) >= 11 is 0. The lowest BCUT2D eigenvalue weighted by atomic mass is 9.99. The lowest BCUT2D eigenvalue weighted by molar-refractivity contribution is 0.256. The fraction of sp³-hybridized carbons (Fsp3) is 0.632. The first-order valence-electron chi connectivity index (χ1n) is 9.62. The monoisotopic (exact) mass is 379 g/mol. The van der Waals surface area contributed by atoms with E-state index in [9.17, 15) is 13.2 Å². The summed E-state index contributed by atoms with van der Waals surface area (Å²) in [7, 11) is -3.71. The van der Waals surface area contributed by atoms with Gasteiger partial charge in [-0.15, -0.1) is 0 Å². The van der Waals surface area contributed by atoms with Crippen LogP contribution in [0.4, 0.5) is 10.5 Å². The van der Waals surface area contributed by atoms with Crippen LogP contribution in [0, 0.1) is 0 Å². The van der Waals surface area contributed by atoms with Crippen LogP contribution in [-0.2, 0) is 35.7 Å². The van der Waals surface area contributed by atoms with Crippen molar-refractivity contribution in [2.24, 2.45) is 0 Å². The lowest BCUT2D eigenvalue weighted by Crippen LogP contribution is -2.43. The standard InChI is InChI=1S/C19H29N3O3S/c1-3-10-20-12-13(2)26(24,25)22-19(23)21-18-16-8-4-6-14(16)11-15-7-5-9-17(15)18/h11,13,20H,3-10,12H2,1-2H3,(H2,21,22,23). The maximum atomic E-state index is 12.4. The molecule has 26 heavy (non-hydrogen) atoms. The van der Waals surface area contributed by atoms with Crippen LogP contribution in [0.15, 0.2) is 6.07 Å². The lowest BCUT2D eigenvalue weighted by Gasteiger charge is -2.18. The zero-order chi connectivity index (χ0) is 18.7. The van der Waals surface area contributed by atoms with E-state index in [4.69, 9.17) is 0 Å². The summed E-state index contributed by atoms with van der Waals surface area (Å²) in [5, 5.41) is 5.28. The molecule has 6 nitrogen and oxygen atoms in total. The average molecular weight is 380 g/mol. The Kier molecular flexibility index (Phi) is 5.87. The minimum absolute atomic E-state index is 0.326. The second kappa shape index (κ2) is 7.96. The van der Waals surface area contributed by atoms with Crippen molar-refractivity contribution in [1.82, 2.24) is 10.0 Å². The molecule has 2 amide bonds. The molecule has 0 fully saturated rings. The highest BCUT2D eigenvalue weighted by atomic mass is 32.2. The predicted octanol–water partition coefficient (Wildman–Crippen LogP) is 2.50. The van der Waals surface area contributed by atoms with Crippen LogP contribution in [0.25, 0.3) is 0 Å². The molecule has 2 aliphatic rings. The summed E-state index contributed by atoms with van der Waals surface area (Å²) in [5.74, 6) is 0. The number of anilines is 1. The number of carbonyl (C=O) groups is 1. The zero-order valence-corrected chi connectivity index (χ0v) is 16.5. The predicted molar refractivity (Wildman–Crippen MR) is 104 cm³/mol. The van der Waals surface area contributed by atoms with Gasteiger partial charge in [0.2, 0.25) is 10.0 Å². The first kappa shape index (κ1) is 19.2.